The average molecular weight is 166 g/mol. The van der Waals surface area contributed by atoms with Crippen LogP contribution < -0.4 is 0 Å². The van der Waals surface area contributed by atoms with Crippen LogP contribution in [0.4, 0.5) is 0 Å². The molecule has 1 heteroatoms. The Morgan fingerprint density at radius 3 is 0.727 bits per heavy atom. The summed E-state index contributed by atoms with van der Waals surface area (Å²) in [6, 6.07) is 0. The Labute approximate surface area is 74.8 Å². The predicted octanol–water partition coefficient (Wildman–Crippen LogP) is 4.10. The Hall–Kier alpha value is -0.0400. The maximum Gasteiger partial charge on any atom is 0.0319 e. The summed E-state index contributed by atoms with van der Waals surface area (Å²) in [5.41, 5.74) is 0. The molecule has 76 valence electrons. The molecule has 11 heavy (non-hydrogen) atoms. The van der Waals surface area contributed by atoms with Crippen LogP contribution in [0.1, 0.15) is 61.8 Å². The van der Waals surface area contributed by atoms with Crippen molar-refractivity contribution in [3.8, 4) is 0 Å². The summed E-state index contributed by atoms with van der Waals surface area (Å²) >= 11 is 0. The molecule has 1 aliphatic carbocycles. The highest BCUT2D eigenvalue weighted by Gasteiger charge is 1.95. The van der Waals surface area contributed by atoms with E-state index in [9.17, 15) is 0 Å². The van der Waals surface area contributed by atoms with Crippen LogP contribution in [0.2, 0.25) is 0 Å². The zero-order valence-electron chi connectivity index (χ0n) is 4.98. The van der Waals surface area contributed by atoms with Gasteiger partial charge in [0.05, 0.1) is 0 Å². The molecule has 0 atom stereocenters. The third kappa shape index (κ3) is 25.7. The molecule has 1 rings (SSSR count). The van der Waals surface area contributed by atoms with Crippen molar-refractivity contribution < 1.29 is 5.11 Å². The number of aliphatic hydroxyl groups is 1. The van der Waals surface area contributed by atoms with E-state index >= 15 is 0 Å². The third-order valence-electron chi connectivity index (χ3n) is 1.25. The van der Waals surface area contributed by atoms with Crippen molar-refractivity contribution >= 4 is 0 Å². The minimum absolute atomic E-state index is 0. The Kier molecular flexibility index (Phi) is 90.4. The van der Waals surface area contributed by atoms with Gasteiger partial charge in [0.25, 0.3) is 0 Å². The van der Waals surface area contributed by atoms with Gasteiger partial charge >= 0.3 is 0 Å². The van der Waals surface area contributed by atoms with Crippen LogP contribution in [-0.2, 0) is 0 Å². The summed E-state index contributed by atoms with van der Waals surface area (Å²) in [5, 5.41) is 7.00. The van der Waals surface area contributed by atoms with E-state index in [0.717, 1.165) is 7.11 Å². The summed E-state index contributed by atoms with van der Waals surface area (Å²) in [6.07, 6.45) is 7.50. The third-order valence-corrected chi connectivity index (χ3v) is 1.25. The SMILES string of the molecule is C.C.C.C.C1CCCC1.CO. The first kappa shape index (κ1) is 30.6. The van der Waals surface area contributed by atoms with Crippen LogP contribution in [0.3, 0.4) is 0 Å². The zero-order chi connectivity index (χ0) is 5.54. The summed E-state index contributed by atoms with van der Waals surface area (Å²) in [7, 11) is 1.00. The number of hydrogen-bond donors (Lipinski definition) is 1. The highest BCUT2D eigenvalue weighted by Crippen LogP contribution is 2.15. The molecule has 0 aromatic rings. The fraction of sp³-hybridized carbons (Fsp3) is 1.00. The normalized spacial score (nSPS) is 11.5. The second-order valence-electron chi connectivity index (χ2n) is 1.77. The Bertz CT molecular complexity index is 16.4. The maximum atomic E-state index is 7.00. The lowest BCUT2D eigenvalue weighted by molar-refractivity contribution is 0.399. The largest absolute Gasteiger partial charge is 0.400 e. The van der Waals surface area contributed by atoms with Crippen LogP contribution in [0.25, 0.3) is 0 Å². The van der Waals surface area contributed by atoms with Crippen LogP contribution in [-0.4, -0.2) is 12.2 Å². The van der Waals surface area contributed by atoms with Crippen molar-refractivity contribution in [3.63, 3.8) is 0 Å². The van der Waals surface area contributed by atoms with Gasteiger partial charge in [0.1, 0.15) is 0 Å². The lowest BCUT2D eigenvalue weighted by atomic mass is 10.4. The molecule has 1 N–H and O–H groups in total. The standard InChI is InChI=1S/C5H10.CH4O.4CH4/c1-2-4-5-3-1;1-2;;;;/h1-5H2;2H,1H3;4*1H4. The minimum Gasteiger partial charge on any atom is -0.400 e. The highest BCUT2D eigenvalue weighted by molar-refractivity contribution is 4.51. The quantitative estimate of drug-likeness (QED) is 0.574. The molecule has 0 unspecified atom stereocenters. The van der Waals surface area contributed by atoms with Crippen LogP contribution in [0, 0.1) is 0 Å². The fourth-order valence-corrected chi connectivity index (χ4v) is 0.884. The molecule has 0 saturated heterocycles. The van der Waals surface area contributed by atoms with Gasteiger partial charge in [-0.15, -0.1) is 0 Å². The molecule has 0 radical (unpaired) electrons. The lowest BCUT2D eigenvalue weighted by Gasteiger charge is -1.67. The number of rotatable bonds is 0. The molecule has 0 heterocycles. The minimum atomic E-state index is 0. The molecule has 0 aromatic carbocycles. The molecule has 0 spiro atoms. The second kappa shape index (κ2) is 32.5. The monoisotopic (exact) mass is 166 g/mol. The van der Waals surface area contributed by atoms with Crippen molar-refractivity contribution in [3.05, 3.63) is 0 Å². The van der Waals surface area contributed by atoms with E-state index in [4.69, 9.17) is 5.11 Å². The number of hydrogen-bond acceptors (Lipinski definition) is 1. The molecule has 1 nitrogen and oxygen atoms in total. The van der Waals surface area contributed by atoms with Crippen LogP contribution >= 0.6 is 0 Å². The predicted molar refractivity (Wildman–Crippen MR) is 58.2 cm³/mol. The van der Waals surface area contributed by atoms with Gasteiger partial charge in [-0.1, -0.05) is 61.8 Å². The average Bonchev–Trinajstić information content (AvgIpc) is 2.23. The van der Waals surface area contributed by atoms with Gasteiger partial charge < -0.3 is 5.11 Å². The molecule has 1 fully saturated rings. The Morgan fingerprint density at radius 1 is 0.545 bits per heavy atom. The van der Waals surface area contributed by atoms with Gasteiger partial charge in [0.2, 0.25) is 0 Å². The van der Waals surface area contributed by atoms with E-state index in [2.05, 4.69) is 0 Å². The molecular formula is C10H30O. The van der Waals surface area contributed by atoms with Gasteiger partial charge in [-0.25, -0.2) is 0 Å². The van der Waals surface area contributed by atoms with Crippen molar-refractivity contribution in [2.24, 2.45) is 0 Å². The van der Waals surface area contributed by atoms with Gasteiger partial charge in [-0.3, -0.25) is 0 Å². The summed E-state index contributed by atoms with van der Waals surface area (Å²) in [6.45, 7) is 0. The van der Waals surface area contributed by atoms with Crippen molar-refractivity contribution in [1.82, 2.24) is 0 Å². The first-order chi connectivity index (χ1) is 3.50. The highest BCUT2D eigenvalue weighted by atomic mass is 16.2. The van der Waals surface area contributed by atoms with Gasteiger partial charge in [-0.2, -0.15) is 0 Å². The fourth-order valence-electron chi connectivity index (χ4n) is 0.884. The molecule has 0 amide bonds. The van der Waals surface area contributed by atoms with E-state index in [1.165, 1.54) is 32.1 Å². The molecule has 0 aliphatic heterocycles. The Morgan fingerprint density at radius 2 is 0.636 bits per heavy atom. The topological polar surface area (TPSA) is 20.2 Å². The summed E-state index contributed by atoms with van der Waals surface area (Å²) in [5.74, 6) is 0. The van der Waals surface area contributed by atoms with E-state index in [-0.39, 0.29) is 29.7 Å². The molecule has 1 saturated carbocycles. The first-order valence-electron chi connectivity index (χ1n) is 2.95. The smallest absolute Gasteiger partial charge is 0.0319 e. The van der Waals surface area contributed by atoms with E-state index < -0.39 is 0 Å². The first-order valence-corrected chi connectivity index (χ1v) is 2.95. The van der Waals surface area contributed by atoms with E-state index in [0.29, 0.717) is 0 Å². The van der Waals surface area contributed by atoms with Crippen molar-refractivity contribution in [2.75, 3.05) is 7.11 Å². The summed E-state index contributed by atoms with van der Waals surface area (Å²) in [4.78, 5) is 0. The van der Waals surface area contributed by atoms with E-state index in [1.807, 2.05) is 0 Å². The van der Waals surface area contributed by atoms with Crippen LogP contribution in [0.15, 0.2) is 0 Å². The van der Waals surface area contributed by atoms with Crippen molar-refractivity contribution in [2.45, 2.75) is 61.8 Å². The van der Waals surface area contributed by atoms with Crippen LogP contribution in [0.5, 0.6) is 0 Å². The molecular weight excluding hydrogens is 136 g/mol. The number of aliphatic hydroxyl groups excluding tert-OH is 1. The lowest BCUT2D eigenvalue weighted by Crippen LogP contribution is -1.47. The molecule has 0 bridgehead atoms. The van der Waals surface area contributed by atoms with Gasteiger partial charge in [0.15, 0.2) is 0 Å². The molecule has 0 aromatic heterocycles. The Balaban J connectivity index is -0.0000000189. The van der Waals surface area contributed by atoms with E-state index in [1.54, 1.807) is 0 Å². The summed E-state index contributed by atoms with van der Waals surface area (Å²) < 4.78 is 0. The van der Waals surface area contributed by atoms with Gasteiger partial charge in [0, 0.05) is 7.11 Å². The zero-order valence-corrected chi connectivity index (χ0v) is 4.98. The van der Waals surface area contributed by atoms with Gasteiger partial charge in [-0.05, 0) is 0 Å². The molecule has 1 aliphatic rings. The second-order valence-corrected chi connectivity index (χ2v) is 1.77. The maximum absolute atomic E-state index is 7.00. The van der Waals surface area contributed by atoms with Crippen molar-refractivity contribution in [1.29, 1.82) is 0 Å².